The minimum Gasteiger partial charge on any atom is -0.357 e. The average Bonchev–Trinajstić information content (AvgIpc) is 2.44. The Kier molecular flexibility index (Phi) is 2.46. The van der Waals surface area contributed by atoms with Gasteiger partial charge in [0.2, 0.25) is 0 Å². The molecule has 1 aliphatic heterocycles. The average molecular weight is 222 g/mol. The maximum absolute atomic E-state index is 11.7. The zero-order valence-electron chi connectivity index (χ0n) is 9.14. The molecule has 3 N–H and O–H groups in total. The summed E-state index contributed by atoms with van der Waals surface area (Å²) < 4.78 is 0. The van der Waals surface area contributed by atoms with Gasteiger partial charge in [-0.25, -0.2) is 10.4 Å². The highest BCUT2D eigenvalue weighted by atomic mass is 16.5. The molecule has 1 aromatic rings. The van der Waals surface area contributed by atoms with E-state index in [0.29, 0.717) is 5.69 Å². The number of nitrogens with one attached hydrogen (secondary N) is 1. The zero-order chi connectivity index (χ0) is 11.9. The topological polar surface area (TPSA) is 72.8 Å². The number of aryl methyl sites for hydroxylation is 1. The third kappa shape index (κ3) is 1.59. The Hall–Kier alpha value is -1.43. The van der Waals surface area contributed by atoms with Crippen molar-refractivity contribution in [1.29, 1.82) is 0 Å². The Labute approximate surface area is 93.3 Å². The van der Waals surface area contributed by atoms with Gasteiger partial charge in [-0.1, -0.05) is 17.7 Å². The van der Waals surface area contributed by atoms with Crippen molar-refractivity contribution in [2.75, 3.05) is 5.01 Å². The largest absolute Gasteiger partial charge is 0.357 e. The first-order valence-electron chi connectivity index (χ1n) is 5.05. The van der Waals surface area contributed by atoms with Crippen molar-refractivity contribution < 1.29 is 15.0 Å². The van der Waals surface area contributed by atoms with Crippen molar-refractivity contribution in [3.63, 3.8) is 0 Å². The molecule has 1 heterocycles. The van der Waals surface area contributed by atoms with E-state index in [0.717, 1.165) is 10.6 Å². The van der Waals surface area contributed by atoms with Crippen LogP contribution in [0.3, 0.4) is 0 Å². The first-order chi connectivity index (χ1) is 7.43. The number of rotatable bonds is 1. The lowest BCUT2D eigenvalue weighted by molar-refractivity contribution is -0.179. The van der Waals surface area contributed by atoms with Crippen LogP contribution in [0.2, 0.25) is 0 Å². The van der Waals surface area contributed by atoms with E-state index in [1.165, 1.54) is 6.92 Å². The molecule has 1 amide bonds. The number of anilines is 1. The minimum absolute atomic E-state index is 0.590. The molecule has 0 bridgehead atoms. The van der Waals surface area contributed by atoms with Crippen LogP contribution in [0.4, 0.5) is 5.69 Å². The van der Waals surface area contributed by atoms with Crippen LogP contribution in [0.15, 0.2) is 24.3 Å². The molecule has 0 aliphatic carbocycles. The molecule has 5 nitrogen and oxygen atoms in total. The Bertz CT molecular complexity index is 414. The third-order valence-electron chi connectivity index (χ3n) is 2.74. The third-order valence-corrected chi connectivity index (χ3v) is 2.74. The molecule has 1 aliphatic rings. The predicted molar refractivity (Wildman–Crippen MR) is 58.4 cm³/mol. The van der Waals surface area contributed by atoms with Crippen molar-refractivity contribution in [2.24, 2.45) is 0 Å². The summed E-state index contributed by atoms with van der Waals surface area (Å²) >= 11 is 0. The highest BCUT2D eigenvalue weighted by molar-refractivity contribution is 6.00. The Morgan fingerprint density at radius 3 is 2.31 bits per heavy atom. The van der Waals surface area contributed by atoms with Crippen LogP contribution >= 0.6 is 0 Å². The maximum atomic E-state index is 11.7. The molecule has 1 atom stereocenters. The summed E-state index contributed by atoms with van der Waals surface area (Å²) in [5, 5.41) is 20.2. The Morgan fingerprint density at radius 1 is 1.31 bits per heavy atom. The van der Waals surface area contributed by atoms with Crippen LogP contribution in [0, 0.1) is 6.92 Å². The SMILES string of the molecule is Cc1ccc(N2NC(C)C(O)(O)C2=O)cc1. The van der Waals surface area contributed by atoms with Gasteiger partial charge in [0.05, 0.1) is 11.7 Å². The monoisotopic (exact) mass is 222 g/mol. The first-order valence-corrected chi connectivity index (χ1v) is 5.05. The molecule has 0 saturated carbocycles. The van der Waals surface area contributed by atoms with E-state index >= 15 is 0 Å². The predicted octanol–water partition coefficient (Wildman–Crippen LogP) is -0.0844. The molecule has 0 aromatic heterocycles. The van der Waals surface area contributed by atoms with Gasteiger partial charge < -0.3 is 10.2 Å². The van der Waals surface area contributed by atoms with Crippen molar-refractivity contribution in [3.05, 3.63) is 29.8 Å². The van der Waals surface area contributed by atoms with E-state index in [1.807, 2.05) is 19.1 Å². The normalized spacial score (nSPS) is 23.9. The van der Waals surface area contributed by atoms with E-state index in [1.54, 1.807) is 12.1 Å². The Balaban J connectivity index is 2.31. The molecule has 1 aromatic carbocycles. The molecule has 0 radical (unpaired) electrons. The fourth-order valence-electron chi connectivity index (χ4n) is 1.58. The zero-order valence-corrected chi connectivity index (χ0v) is 9.14. The molecule has 16 heavy (non-hydrogen) atoms. The second kappa shape index (κ2) is 3.55. The maximum Gasteiger partial charge on any atom is 0.303 e. The van der Waals surface area contributed by atoms with Gasteiger partial charge in [0.25, 0.3) is 5.79 Å². The molecule has 2 rings (SSSR count). The van der Waals surface area contributed by atoms with Gasteiger partial charge in [0, 0.05) is 0 Å². The second-order valence-corrected chi connectivity index (χ2v) is 4.05. The molecule has 1 fully saturated rings. The number of benzene rings is 1. The summed E-state index contributed by atoms with van der Waals surface area (Å²) in [4.78, 5) is 11.7. The molecule has 1 unspecified atom stereocenters. The van der Waals surface area contributed by atoms with Crippen LogP contribution in [-0.4, -0.2) is 27.9 Å². The fourth-order valence-corrected chi connectivity index (χ4v) is 1.58. The molecule has 1 saturated heterocycles. The quantitative estimate of drug-likeness (QED) is 0.581. The Morgan fingerprint density at radius 2 is 1.88 bits per heavy atom. The van der Waals surface area contributed by atoms with Crippen LogP contribution < -0.4 is 10.4 Å². The second-order valence-electron chi connectivity index (χ2n) is 4.05. The summed E-state index contributed by atoms with van der Waals surface area (Å²) in [5.41, 5.74) is 4.38. The molecule has 0 spiro atoms. The van der Waals surface area contributed by atoms with Gasteiger partial charge in [-0.15, -0.1) is 0 Å². The van der Waals surface area contributed by atoms with E-state index in [2.05, 4.69) is 5.43 Å². The lowest BCUT2D eigenvalue weighted by atomic mass is 10.1. The van der Waals surface area contributed by atoms with Crippen molar-refractivity contribution in [2.45, 2.75) is 25.7 Å². The summed E-state index contributed by atoms with van der Waals surface area (Å²) in [6.45, 7) is 3.47. The standard InChI is InChI=1S/C11H14N2O3/c1-7-3-5-9(6-4-7)13-10(14)11(15,16)8(2)12-13/h3-6,8,12,15-16H,1-2H3. The van der Waals surface area contributed by atoms with Gasteiger partial charge in [-0.05, 0) is 26.0 Å². The summed E-state index contributed by atoms with van der Waals surface area (Å²) in [6, 6.07) is 6.46. The lowest BCUT2D eigenvalue weighted by Crippen LogP contribution is -2.44. The van der Waals surface area contributed by atoms with Crippen molar-refractivity contribution in [3.8, 4) is 0 Å². The van der Waals surface area contributed by atoms with Crippen LogP contribution in [0.25, 0.3) is 0 Å². The highest BCUT2D eigenvalue weighted by Crippen LogP contribution is 2.24. The summed E-state index contributed by atoms with van der Waals surface area (Å²) in [7, 11) is 0. The van der Waals surface area contributed by atoms with Gasteiger partial charge in [-0.2, -0.15) is 0 Å². The number of hydrazine groups is 1. The minimum atomic E-state index is -2.34. The van der Waals surface area contributed by atoms with Crippen molar-refractivity contribution in [1.82, 2.24) is 5.43 Å². The smallest absolute Gasteiger partial charge is 0.303 e. The van der Waals surface area contributed by atoms with E-state index in [4.69, 9.17) is 0 Å². The number of carbonyl (C=O) groups excluding carboxylic acids is 1. The number of hydrogen-bond donors (Lipinski definition) is 3. The number of amides is 1. The molecular weight excluding hydrogens is 208 g/mol. The van der Waals surface area contributed by atoms with Gasteiger partial charge in [-0.3, -0.25) is 4.79 Å². The lowest BCUT2D eigenvalue weighted by Gasteiger charge is -2.16. The van der Waals surface area contributed by atoms with Gasteiger partial charge in [0.15, 0.2) is 0 Å². The van der Waals surface area contributed by atoms with Gasteiger partial charge in [0.1, 0.15) is 0 Å². The van der Waals surface area contributed by atoms with E-state index in [9.17, 15) is 15.0 Å². The summed E-state index contributed by atoms with van der Waals surface area (Å²) in [6.07, 6.45) is 0. The van der Waals surface area contributed by atoms with E-state index < -0.39 is 17.7 Å². The fraction of sp³-hybridized carbons (Fsp3) is 0.364. The molecule has 86 valence electrons. The number of hydrogen-bond acceptors (Lipinski definition) is 4. The number of carbonyl (C=O) groups is 1. The summed E-state index contributed by atoms with van der Waals surface area (Å²) in [5.74, 6) is -3.10. The molecule has 5 heteroatoms. The number of aliphatic hydroxyl groups is 2. The van der Waals surface area contributed by atoms with Crippen LogP contribution in [-0.2, 0) is 4.79 Å². The first kappa shape index (κ1) is 11.1. The van der Waals surface area contributed by atoms with Crippen molar-refractivity contribution >= 4 is 11.6 Å². The van der Waals surface area contributed by atoms with Crippen LogP contribution in [0.1, 0.15) is 12.5 Å². The van der Waals surface area contributed by atoms with E-state index in [-0.39, 0.29) is 0 Å². The molecular formula is C11H14N2O3. The van der Waals surface area contributed by atoms with Crippen LogP contribution in [0.5, 0.6) is 0 Å². The van der Waals surface area contributed by atoms with Gasteiger partial charge >= 0.3 is 5.91 Å². The number of nitrogens with zero attached hydrogens (tertiary/aromatic N) is 1. The highest BCUT2D eigenvalue weighted by Gasteiger charge is 2.50.